The van der Waals surface area contributed by atoms with Gasteiger partial charge in [0.25, 0.3) is 5.91 Å². The van der Waals surface area contributed by atoms with Crippen molar-refractivity contribution in [3.63, 3.8) is 0 Å². The van der Waals surface area contributed by atoms with Crippen LogP contribution in [0.15, 0.2) is 18.2 Å². The Balaban J connectivity index is 2.05. The molecule has 1 aromatic carbocycles. The van der Waals surface area contributed by atoms with Crippen molar-refractivity contribution in [2.45, 2.75) is 32.3 Å². The number of carbonyl (C=O) groups is 1. The highest BCUT2D eigenvalue weighted by Gasteiger charge is 2.21. The van der Waals surface area contributed by atoms with Crippen LogP contribution in [-0.2, 0) is 4.74 Å². The van der Waals surface area contributed by atoms with Crippen LogP contribution in [0.1, 0.15) is 35.2 Å². The number of ether oxygens (including phenoxy) is 1. The van der Waals surface area contributed by atoms with Gasteiger partial charge in [0.05, 0.1) is 11.7 Å². The molecular weight excluding hydrogens is 252 g/mol. The number of anilines is 1. The van der Waals surface area contributed by atoms with Gasteiger partial charge >= 0.3 is 0 Å². The summed E-state index contributed by atoms with van der Waals surface area (Å²) >= 11 is 0. The minimum atomic E-state index is 0.0449. The van der Waals surface area contributed by atoms with Crippen LogP contribution in [0.5, 0.6) is 0 Å². The van der Waals surface area contributed by atoms with E-state index in [0.717, 1.165) is 36.3 Å². The van der Waals surface area contributed by atoms with E-state index in [1.54, 1.807) is 4.90 Å². The van der Waals surface area contributed by atoms with Gasteiger partial charge in [-0.15, -0.1) is 0 Å². The molecule has 1 aromatic rings. The van der Waals surface area contributed by atoms with Crippen molar-refractivity contribution in [2.24, 2.45) is 0 Å². The molecule has 4 heteroatoms. The standard InChI is InChI=1S/C16H24N2O2/c1-12-7-8-14(15(10-12)17-2)16(19)18(3)11-13-6-4-5-9-20-13/h7-8,10,13,17H,4-6,9,11H2,1-3H3. The first-order valence-corrected chi connectivity index (χ1v) is 7.27. The van der Waals surface area contributed by atoms with Crippen molar-refractivity contribution in [1.29, 1.82) is 0 Å². The van der Waals surface area contributed by atoms with E-state index >= 15 is 0 Å². The van der Waals surface area contributed by atoms with E-state index in [4.69, 9.17) is 4.74 Å². The number of hydrogen-bond donors (Lipinski definition) is 1. The SMILES string of the molecule is CNc1cc(C)ccc1C(=O)N(C)CC1CCCCO1. The second-order valence-electron chi connectivity index (χ2n) is 5.47. The molecule has 110 valence electrons. The van der Waals surface area contributed by atoms with Gasteiger partial charge in [-0.1, -0.05) is 6.07 Å². The largest absolute Gasteiger partial charge is 0.387 e. The lowest BCUT2D eigenvalue weighted by Crippen LogP contribution is -2.37. The Kier molecular flexibility index (Phi) is 5.01. The predicted octanol–water partition coefficient (Wildman–Crippen LogP) is 2.68. The highest BCUT2D eigenvalue weighted by Crippen LogP contribution is 2.20. The molecule has 1 atom stereocenters. The molecule has 20 heavy (non-hydrogen) atoms. The first kappa shape index (κ1) is 14.9. The van der Waals surface area contributed by atoms with Crippen molar-refractivity contribution >= 4 is 11.6 Å². The summed E-state index contributed by atoms with van der Waals surface area (Å²) in [7, 11) is 3.69. The third kappa shape index (κ3) is 3.51. The third-order valence-electron chi connectivity index (χ3n) is 3.77. The molecule has 1 fully saturated rings. The van der Waals surface area contributed by atoms with Crippen LogP contribution in [0.4, 0.5) is 5.69 Å². The zero-order chi connectivity index (χ0) is 14.5. The number of nitrogens with zero attached hydrogens (tertiary/aromatic N) is 1. The molecule has 1 saturated heterocycles. The molecule has 0 spiro atoms. The molecule has 0 aliphatic carbocycles. The molecular formula is C16H24N2O2. The summed E-state index contributed by atoms with van der Waals surface area (Å²) in [5.41, 5.74) is 2.74. The second-order valence-corrected chi connectivity index (χ2v) is 5.47. The van der Waals surface area contributed by atoms with Crippen LogP contribution in [0, 0.1) is 6.92 Å². The average Bonchev–Trinajstić information content (AvgIpc) is 2.47. The smallest absolute Gasteiger partial charge is 0.255 e. The normalized spacial score (nSPS) is 18.6. The Labute approximate surface area is 121 Å². The second kappa shape index (κ2) is 6.75. The zero-order valence-corrected chi connectivity index (χ0v) is 12.6. The molecule has 0 aromatic heterocycles. The molecule has 4 nitrogen and oxygen atoms in total. The summed E-state index contributed by atoms with van der Waals surface area (Å²) in [6.07, 6.45) is 3.56. The van der Waals surface area contributed by atoms with Gasteiger partial charge in [-0.25, -0.2) is 0 Å². The molecule has 2 rings (SSSR count). The Morgan fingerprint density at radius 2 is 2.25 bits per heavy atom. The minimum Gasteiger partial charge on any atom is -0.387 e. The van der Waals surface area contributed by atoms with Crippen LogP contribution >= 0.6 is 0 Å². The Morgan fingerprint density at radius 1 is 1.45 bits per heavy atom. The summed E-state index contributed by atoms with van der Waals surface area (Å²) in [6.45, 7) is 3.50. The lowest BCUT2D eigenvalue weighted by molar-refractivity contribution is -0.000171. The Bertz CT molecular complexity index is 468. The van der Waals surface area contributed by atoms with Crippen molar-refractivity contribution < 1.29 is 9.53 Å². The van der Waals surface area contributed by atoms with Gasteiger partial charge in [0, 0.05) is 32.9 Å². The lowest BCUT2D eigenvalue weighted by Gasteiger charge is -2.28. The molecule has 0 bridgehead atoms. The van der Waals surface area contributed by atoms with Crippen LogP contribution in [-0.4, -0.2) is 44.2 Å². The van der Waals surface area contributed by atoms with E-state index in [1.165, 1.54) is 6.42 Å². The lowest BCUT2D eigenvalue weighted by atomic mass is 10.1. The van der Waals surface area contributed by atoms with Crippen LogP contribution in [0.3, 0.4) is 0 Å². The fourth-order valence-electron chi connectivity index (χ4n) is 2.60. The average molecular weight is 276 g/mol. The predicted molar refractivity (Wildman–Crippen MR) is 81.3 cm³/mol. The van der Waals surface area contributed by atoms with E-state index < -0.39 is 0 Å². The summed E-state index contributed by atoms with van der Waals surface area (Å²) in [4.78, 5) is 14.3. The van der Waals surface area contributed by atoms with Crippen molar-refractivity contribution in [3.05, 3.63) is 29.3 Å². The highest BCUT2D eigenvalue weighted by atomic mass is 16.5. The fraction of sp³-hybridized carbons (Fsp3) is 0.562. The van der Waals surface area contributed by atoms with Gasteiger partial charge in [0.2, 0.25) is 0 Å². The Hall–Kier alpha value is -1.55. The first-order valence-electron chi connectivity index (χ1n) is 7.27. The summed E-state index contributed by atoms with van der Waals surface area (Å²) in [5, 5.41) is 3.10. The van der Waals surface area contributed by atoms with E-state index in [0.29, 0.717) is 6.54 Å². The van der Waals surface area contributed by atoms with Crippen molar-refractivity contribution in [3.8, 4) is 0 Å². The van der Waals surface area contributed by atoms with Crippen LogP contribution in [0.2, 0.25) is 0 Å². The number of likely N-dealkylation sites (N-methyl/N-ethyl adjacent to an activating group) is 1. The number of aryl methyl sites for hydroxylation is 1. The topological polar surface area (TPSA) is 41.6 Å². The molecule has 1 N–H and O–H groups in total. The molecule has 0 saturated carbocycles. The molecule has 0 radical (unpaired) electrons. The number of hydrogen-bond acceptors (Lipinski definition) is 3. The van der Waals surface area contributed by atoms with Crippen LogP contribution in [0.25, 0.3) is 0 Å². The number of nitrogens with one attached hydrogen (secondary N) is 1. The van der Waals surface area contributed by atoms with Gasteiger partial charge in [-0.3, -0.25) is 4.79 Å². The van der Waals surface area contributed by atoms with Gasteiger partial charge in [-0.05, 0) is 43.9 Å². The van der Waals surface area contributed by atoms with Crippen molar-refractivity contribution in [2.75, 3.05) is 32.6 Å². The minimum absolute atomic E-state index is 0.0449. The van der Waals surface area contributed by atoms with Gasteiger partial charge in [0.1, 0.15) is 0 Å². The quantitative estimate of drug-likeness (QED) is 0.919. The summed E-state index contributed by atoms with van der Waals surface area (Å²) in [5.74, 6) is 0.0449. The van der Waals surface area contributed by atoms with E-state index in [2.05, 4.69) is 5.32 Å². The van der Waals surface area contributed by atoms with Crippen molar-refractivity contribution in [1.82, 2.24) is 4.90 Å². The number of carbonyl (C=O) groups excluding carboxylic acids is 1. The maximum atomic E-state index is 12.5. The fourth-order valence-corrected chi connectivity index (χ4v) is 2.60. The van der Waals surface area contributed by atoms with E-state index in [1.807, 2.05) is 39.2 Å². The zero-order valence-electron chi connectivity index (χ0n) is 12.6. The molecule has 1 aliphatic heterocycles. The highest BCUT2D eigenvalue weighted by molar-refractivity contribution is 5.99. The van der Waals surface area contributed by atoms with E-state index in [-0.39, 0.29) is 12.0 Å². The number of amides is 1. The maximum absolute atomic E-state index is 12.5. The molecule has 1 amide bonds. The van der Waals surface area contributed by atoms with Gasteiger partial charge in [-0.2, -0.15) is 0 Å². The Morgan fingerprint density at radius 3 is 2.90 bits per heavy atom. The third-order valence-corrected chi connectivity index (χ3v) is 3.77. The number of benzene rings is 1. The first-order chi connectivity index (χ1) is 9.61. The monoisotopic (exact) mass is 276 g/mol. The number of rotatable bonds is 4. The van der Waals surface area contributed by atoms with Gasteiger partial charge < -0.3 is 15.0 Å². The van der Waals surface area contributed by atoms with Crippen LogP contribution < -0.4 is 5.32 Å². The summed E-state index contributed by atoms with van der Waals surface area (Å²) in [6, 6.07) is 5.86. The maximum Gasteiger partial charge on any atom is 0.255 e. The van der Waals surface area contributed by atoms with E-state index in [9.17, 15) is 4.79 Å². The molecule has 1 aliphatic rings. The van der Waals surface area contributed by atoms with Gasteiger partial charge in [0.15, 0.2) is 0 Å². The summed E-state index contributed by atoms with van der Waals surface area (Å²) < 4.78 is 5.70. The molecule has 1 heterocycles. The molecule has 1 unspecified atom stereocenters.